The van der Waals surface area contributed by atoms with E-state index >= 15 is 0 Å². The predicted octanol–water partition coefficient (Wildman–Crippen LogP) is 3.07. The van der Waals surface area contributed by atoms with Gasteiger partial charge in [0.1, 0.15) is 11.5 Å². The largest absolute Gasteiger partial charge is 0.496 e. The molecule has 25 heavy (non-hydrogen) atoms. The number of para-hydroxylation sites is 1. The molecule has 0 bridgehead atoms. The monoisotopic (exact) mass is 338 g/mol. The number of carbonyl (C=O) groups is 2. The molecule has 128 valence electrons. The van der Waals surface area contributed by atoms with Gasteiger partial charge in [0, 0.05) is 17.3 Å². The first-order valence-electron chi connectivity index (χ1n) is 7.80. The van der Waals surface area contributed by atoms with E-state index in [0.717, 1.165) is 5.56 Å². The SMILES string of the molecule is COc1ccccc1C=CC(=O)Nc1ccc2c(c1)NC(=O)C(C)O2. The van der Waals surface area contributed by atoms with Gasteiger partial charge in [0.2, 0.25) is 5.91 Å². The highest BCUT2D eigenvalue weighted by atomic mass is 16.5. The number of benzene rings is 2. The number of methoxy groups -OCH3 is 1. The molecule has 0 saturated carbocycles. The van der Waals surface area contributed by atoms with E-state index in [0.29, 0.717) is 22.9 Å². The van der Waals surface area contributed by atoms with E-state index in [1.807, 2.05) is 24.3 Å². The van der Waals surface area contributed by atoms with Crippen LogP contribution in [0.15, 0.2) is 48.5 Å². The molecule has 1 heterocycles. The molecule has 2 N–H and O–H groups in total. The number of amides is 2. The molecule has 0 spiro atoms. The molecule has 2 aromatic carbocycles. The third kappa shape index (κ3) is 3.80. The van der Waals surface area contributed by atoms with Crippen LogP contribution in [0.25, 0.3) is 6.08 Å². The summed E-state index contributed by atoms with van der Waals surface area (Å²) in [5, 5.41) is 5.50. The van der Waals surface area contributed by atoms with Gasteiger partial charge in [-0.25, -0.2) is 0 Å². The van der Waals surface area contributed by atoms with Gasteiger partial charge in [0.15, 0.2) is 6.10 Å². The lowest BCUT2D eigenvalue weighted by Crippen LogP contribution is -2.34. The summed E-state index contributed by atoms with van der Waals surface area (Å²) in [7, 11) is 1.58. The summed E-state index contributed by atoms with van der Waals surface area (Å²) in [5.74, 6) is 0.762. The van der Waals surface area contributed by atoms with Gasteiger partial charge in [0.05, 0.1) is 12.8 Å². The van der Waals surface area contributed by atoms with E-state index < -0.39 is 6.10 Å². The summed E-state index contributed by atoms with van der Waals surface area (Å²) in [6.07, 6.45) is 2.57. The lowest BCUT2D eigenvalue weighted by molar-refractivity contribution is -0.122. The van der Waals surface area contributed by atoms with Gasteiger partial charge in [-0.1, -0.05) is 18.2 Å². The average molecular weight is 338 g/mol. The van der Waals surface area contributed by atoms with E-state index in [9.17, 15) is 9.59 Å². The molecule has 2 aromatic rings. The molecule has 6 nitrogen and oxygen atoms in total. The first kappa shape index (κ1) is 16.6. The first-order valence-corrected chi connectivity index (χ1v) is 7.80. The Bertz CT molecular complexity index is 845. The molecule has 3 rings (SSSR count). The van der Waals surface area contributed by atoms with Crippen LogP contribution in [-0.2, 0) is 9.59 Å². The van der Waals surface area contributed by atoms with Crippen LogP contribution in [0.2, 0.25) is 0 Å². The van der Waals surface area contributed by atoms with E-state index in [4.69, 9.17) is 9.47 Å². The van der Waals surface area contributed by atoms with E-state index in [1.165, 1.54) is 6.08 Å². The second-order valence-corrected chi connectivity index (χ2v) is 5.52. The highest BCUT2D eigenvalue weighted by Gasteiger charge is 2.23. The maximum atomic E-state index is 12.1. The third-order valence-electron chi connectivity index (χ3n) is 3.73. The number of nitrogens with one attached hydrogen (secondary N) is 2. The summed E-state index contributed by atoms with van der Waals surface area (Å²) in [6, 6.07) is 12.5. The van der Waals surface area contributed by atoms with Crippen molar-refractivity contribution >= 4 is 29.3 Å². The number of rotatable bonds is 4. The molecule has 0 fully saturated rings. The Morgan fingerprint density at radius 1 is 1.28 bits per heavy atom. The zero-order chi connectivity index (χ0) is 17.8. The van der Waals surface area contributed by atoms with Crippen molar-refractivity contribution < 1.29 is 19.1 Å². The van der Waals surface area contributed by atoms with Crippen LogP contribution in [0.3, 0.4) is 0 Å². The molecule has 2 amide bonds. The van der Waals surface area contributed by atoms with Crippen LogP contribution in [0.1, 0.15) is 12.5 Å². The Hall–Kier alpha value is -3.28. The zero-order valence-electron chi connectivity index (χ0n) is 13.9. The van der Waals surface area contributed by atoms with Crippen LogP contribution >= 0.6 is 0 Å². The minimum Gasteiger partial charge on any atom is -0.496 e. The molecular formula is C19H18N2O4. The van der Waals surface area contributed by atoms with Crippen molar-refractivity contribution in [1.82, 2.24) is 0 Å². The van der Waals surface area contributed by atoms with Crippen LogP contribution < -0.4 is 20.1 Å². The zero-order valence-corrected chi connectivity index (χ0v) is 13.9. The van der Waals surface area contributed by atoms with Crippen LogP contribution in [0.4, 0.5) is 11.4 Å². The summed E-state index contributed by atoms with van der Waals surface area (Å²) >= 11 is 0. The quantitative estimate of drug-likeness (QED) is 0.840. The van der Waals surface area contributed by atoms with Crippen molar-refractivity contribution in [3.05, 3.63) is 54.1 Å². The smallest absolute Gasteiger partial charge is 0.265 e. The molecule has 6 heteroatoms. The van der Waals surface area contributed by atoms with Crippen LogP contribution in [-0.4, -0.2) is 25.0 Å². The Morgan fingerprint density at radius 2 is 2.08 bits per heavy atom. The highest BCUT2D eigenvalue weighted by Crippen LogP contribution is 2.32. The van der Waals surface area contributed by atoms with Gasteiger partial charge in [-0.15, -0.1) is 0 Å². The molecule has 0 aliphatic carbocycles. The maximum Gasteiger partial charge on any atom is 0.265 e. The molecule has 0 aromatic heterocycles. The Kier molecular flexibility index (Phi) is 4.70. The van der Waals surface area contributed by atoms with Gasteiger partial charge in [-0.3, -0.25) is 9.59 Å². The summed E-state index contributed by atoms with van der Waals surface area (Å²) in [6.45, 7) is 1.68. The molecule has 1 unspecified atom stereocenters. The molecule has 0 radical (unpaired) electrons. The van der Waals surface area contributed by atoms with E-state index in [-0.39, 0.29) is 11.8 Å². The van der Waals surface area contributed by atoms with Gasteiger partial charge in [-0.2, -0.15) is 0 Å². The Labute approximate surface area is 145 Å². The topological polar surface area (TPSA) is 76.7 Å². The molecule has 1 aliphatic heterocycles. The predicted molar refractivity (Wildman–Crippen MR) is 95.8 cm³/mol. The standard InChI is InChI=1S/C19H18N2O4/c1-12-19(23)21-15-11-14(8-9-17(15)25-12)20-18(22)10-7-13-5-3-4-6-16(13)24-2/h3-12H,1-2H3,(H,20,22)(H,21,23). The lowest BCUT2D eigenvalue weighted by Gasteiger charge is -2.23. The molecule has 0 saturated heterocycles. The third-order valence-corrected chi connectivity index (χ3v) is 3.73. The second kappa shape index (κ2) is 7.09. The summed E-state index contributed by atoms with van der Waals surface area (Å²) < 4.78 is 10.7. The normalized spacial score (nSPS) is 15.9. The van der Waals surface area contributed by atoms with Crippen molar-refractivity contribution in [2.75, 3.05) is 17.7 Å². The highest BCUT2D eigenvalue weighted by molar-refractivity contribution is 6.03. The van der Waals surface area contributed by atoms with Gasteiger partial charge in [-0.05, 0) is 37.3 Å². The number of carbonyl (C=O) groups excluding carboxylic acids is 2. The van der Waals surface area contributed by atoms with Gasteiger partial charge in [0.25, 0.3) is 5.91 Å². The Morgan fingerprint density at radius 3 is 2.88 bits per heavy atom. The fourth-order valence-electron chi connectivity index (χ4n) is 2.44. The van der Waals surface area contributed by atoms with E-state index in [1.54, 1.807) is 38.3 Å². The lowest BCUT2D eigenvalue weighted by atomic mass is 10.2. The fourth-order valence-corrected chi connectivity index (χ4v) is 2.44. The van der Waals surface area contributed by atoms with Crippen LogP contribution in [0.5, 0.6) is 11.5 Å². The molecular weight excluding hydrogens is 320 g/mol. The Balaban J connectivity index is 1.70. The molecule has 1 atom stereocenters. The number of anilines is 2. The van der Waals surface area contributed by atoms with Crippen molar-refractivity contribution in [2.45, 2.75) is 13.0 Å². The summed E-state index contributed by atoms with van der Waals surface area (Å²) in [5.41, 5.74) is 1.90. The van der Waals surface area contributed by atoms with Crippen LogP contribution in [0, 0.1) is 0 Å². The van der Waals surface area contributed by atoms with Gasteiger partial charge >= 0.3 is 0 Å². The van der Waals surface area contributed by atoms with Crippen molar-refractivity contribution in [1.29, 1.82) is 0 Å². The van der Waals surface area contributed by atoms with Crippen molar-refractivity contribution in [2.24, 2.45) is 0 Å². The average Bonchev–Trinajstić information content (AvgIpc) is 2.61. The van der Waals surface area contributed by atoms with Crippen molar-refractivity contribution in [3.8, 4) is 11.5 Å². The summed E-state index contributed by atoms with van der Waals surface area (Å²) in [4.78, 5) is 23.8. The van der Waals surface area contributed by atoms with Gasteiger partial charge < -0.3 is 20.1 Å². The number of ether oxygens (including phenoxy) is 2. The second-order valence-electron chi connectivity index (χ2n) is 5.52. The number of fused-ring (bicyclic) bond motifs is 1. The maximum absolute atomic E-state index is 12.1. The fraction of sp³-hybridized carbons (Fsp3) is 0.158. The van der Waals surface area contributed by atoms with E-state index in [2.05, 4.69) is 10.6 Å². The molecule has 1 aliphatic rings. The first-order chi connectivity index (χ1) is 12.1. The minimum absolute atomic E-state index is 0.216. The minimum atomic E-state index is -0.531. The number of hydrogen-bond donors (Lipinski definition) is 2. The van der Waals surface area contributed by atoms with Crippen molar-refractivity contribution in [3.63, 3.8) is 0 Å². The number of hydrogen-bond acceptors (Lipinski definition) is 4.